The average molecular weight is 342 g/mol. The quantitative estimate of drug-likeness (QED) is 0.766. The molecule has 0 aliphatic heterocycles. The average Bonchev–Trinajstić information content (AvgIpc) is 2.74. The zero-order valence-electron chi connectivity index (χ0n) is 9.85. The Morgan fingerprint density at radius 3 is 2.89 bits per heavy atom. The molecule has 0 fully saturated rings. The standard InChI is InChI=1S/C13H12BrNOS2/c1-9-15-10(7-17-9)6-11(16)8-18-13-5-3-2-4-12(13)14/h2-5,7H,6,8H2,1H3. The summed E-state index contributed by atoms with van der Waals surface area (Å²) < 4.78 is 1.03. The maximum Gasteiger partial charge on any atom is 0.149 e. The van der Waals surface area contributed by atoms with Crippen LogP contribution in [0.4, 0.5) is 0 Å². The molecular formula is C13H12BrNOS2. The summed E-state index contributed by atoms with van der Waals surface area (Å²) in [5, 5.41) is 2.97. The van der Waals surface area contributed by atoms with Crippen molar-refractivity contribution in [2.24, 2.45) is 0 Å². The van der Waals surface area contributed by atoms with Crippen LogP contribution in [-0.4, -0.2) is 16.5 Å². The fraction of sp³-hybridized carbons (Fsp3) is 0.231. The second kappa shape index (κ2) is 6.50. The molecule has 0 aliphatic carbocycles. The van der Waals surface area contributed by atoms with Gasteiger partial charge in [-0.25, -0.2) is 4.98 Å². The number of benzene rings is 1. The van der Waals surface area contributed by atoms with Gasteiger partial charge >= 0.3 is 0 Å². The van der Waals surface area contributed by atoms with Gasteiger partial charge in [0.2, 0.25) is 0 Å². The first-order valence-corrected chi connectivity index (χ1v) is 8.11. The van der Waals surface area contributed by atoms with E-state index in [4.69, 9.17) is 0 Å². The van der Waals surface area contributed by atoms with Gasteiger partial charge in [0, 0.05) is 14.7 Å². The van der Waals surface area contributed by atoms with Gasteiger partial charge in [0.05, 0.1) is 22.9 Å². The molecule has 1 heterocycles. The fourth-order valence-corrected chi connectivity index (χ4v) is 3.50. The van der Waals surface area contributed by atoms with E-state index in [9.17, 15) is 4.79 Å². The Balaban J connectivity index is 1.87. The molecule has 1 aromatic heterocycles. The van der Waals surface area contributed by atoms with E-state index >= 15 is 0 Å². The van der Waals surface area contributed by atoms with Crippen molar-refractivity contribution in [3.8, 4) is 0 Å². The van der Waals surface area contributed by atoms with Crippen molar-refractivity contribution < 1.29 is 4.79 Å². The number of carbonyl (C=O) groups excluding carboxylic acids is 1. The number of ketones is 1. The minimum absolute atomic E-state index is 0.209. The van der Waals surface area contributed by atoms with Crippen LogP contribution < -0.4 is 0 Å². The Morgan fingerprint density at radius 2 is 2.22 bits per heavy atom. The number of aromatic nitrogens is 1. The molecule has 0 N–H and O–H groups in total. The van der Waals surface area contributed by atoms with Gasteiger partial charge in [0.25, 0.3) is 0 Å². The van der Waals surface area contributed by atoms with Crippen LogP contribution in [-0.2, 0) is 11.2 Å². The molecule has 18 heavy (non-hydrogen) atoms. The van der Waals surface area contributed by atoms with E-state index in [1.54, 1.807) is 23.1 Å². The van der Waals surface area contributed by atoms with Crippen molar-refractivity contribution in [1.82, 2.24) is 4.98 Å². The van der Waals surface area contributed by atoms with Gasteiger partial charge in [-0.1, -0.05) is 12.1 Å². The van der Waals surface area contributed by atoms with Crippen molar-refractivity contribution in [2.75, 3.05) is 5.75 Å². The number of aryl methyl sites for hydroxylation is 1. The van der Waals surface area contributed by atoms with E-state index < -0.39 is 0 Å². The van der Waals surface area contributed by atoms with Gasteiger partial charge in [-0.2, -0.15) is 0 Å². The fourth-order valence-electron chi connectivity index (χ4n) is 1.46. The van der Waals surface area contributed by atoms with Gasteiger partial charge in [-0.3, -0.25) is 4.79 Å². The predicted molar refractivity (Wildman–Crippen MR) is 80.4 cm³/mol. The first-order valence-electron chi connectivity index (χ1n) is 5.45. The molecule has 0 unspecified atom stereocenters. The summed E-state index contributed by atoms with van der Waals surface area (Å²) in [7, 11) is 0. The highest BCUT2D eigenvalue weighted by molar-refractivity contribution is 9.10. The summed E-state index contributed by atoms with van der Waals surface area (Å²) >= 11 is 6.62. The molecule has 0 atom stereocenters. The molecule has 0 aliphatic rings. The minimum Gasteiger partial charge on any atom is -0.298 e. The normalized spacial score (nSPS) is 10.6. The topological polar surface area (TPSA) is 30.0 Å². The predicted octanol–water partition coefficient (Wildman–Crippen LogP) is 4.12. The highest BCUT2D eigenvalue weighted by atomic mass is 79.9. The van der Waals surface area contributed by atoms with Crippen molar-refractivity contribution in [1.29, 1.82) is 0 Å². The van der Waals surface area contributed by atoms with Crippen LogP contribution in [0, 0.1) is 6.92 Å². The molecule has 0 saturated carbocycles. The molecule has 2 nitrogen and oxygen atoms in total. The van der Waals surface area contributed by atoms with Crippen LogP contribution in [0.1, 0.15) is 10.7 Å². The number of thiazole rings is 1. The third-order valence-corrected chi connectivity index (χ3v) is 5.18. The van der Waals surface area contributed by atoms with Crippen LogP contribution in [0.3, 0.4) is 0 Å². The van der Waals surface area contributed by atoms with Crippen molar-refractivity contribution in [3.05, 3.63) is 44.8 Å². The summed E-state index contributed by atoms with van der Waals surface area (Å²) in [6.45, 7) is 1.95. The van der Waals surface area contributed by atoms with Crippen LogP contribution in [0.15, 0.2) is 39.0 Å². The Hall–Kier alpha value is -0.650. The van der Waals surface area contributed by atoms with Gasteiger partial charge in [0.1, 0.15) is 5.78 Å². The molecule has 94 valence electrons. The maximum atomic E-state index is 11.8. The van der Waals surface area contributed by atoms with E-state index in [1.807, 2.05) is 36.6 Å². The molecule has 0 amide bonds. The zero-order chi connectivity index (χ0) is 13.0. The number of Topliss-reactive ketones (excluding diaryl/α,β-unsaturated/α-hetero) is 1. The van der Waals surface area contributed by atoms with Crippen LogP contribution in [0.25, 0.3) is 0 Å². The van der Waals surface area contributed by atoms with Gasteiger partial charge < -0.3 is 0 Å². The number of halogens is 1. The smallest absolute Gasteiger partial charge is 0.149 e. The first-order chi connectivity index (χ1) is 8.65. The molecule has 2 rings (SSSR count). The minimum atomic E-state index is 0.209. The number of nitrogens with zero attached hydrogens (tertiary/aromatic N) is 1. The molecule has 1 aromatic carbocycles. The maximum absolute atomic E-state index is 11.8. The van der Waals surface area contributed by atoms with Crippen LogP contribution in [0.2, 0.25) is 0 Å². The van der Waals surface area contributed by atoms with Gasteiger partial charge in [-0.15, -0.1) is 23.1 Å². The number of hydrogen-bond acceptors (Lipinski definition) is 4. The largest absolute Gasteiger partial charge is 0.298 e. The Labute approximate surface area is 123 Å². The van der Waals surface area contributed by atoms with Gasteiger partial charge in [0.15, 0.2) is 0 Å². The summed E-state index contributed by atoms with van der Waals surface area (Å²) in [5.74, 6) is 0.695. The van der Waals surface area contributed by atoms with E-state index in [-0.39, 0.29) is 5.78 Å². The Kier molecular flexibility index (Phi) is 4.97. The molecule has 0 bridgehead atoms. The molecule has 5 heteroatoms. The lowest BCUT2D eigenvalue weighted by Gasteiger charge is -2.02. The lowest BCUT2D eigenvalue weighted by Crippen LogP contribution is -2.06. The Bertz CT molecular complexity index is 553. The van der Waals surface area contributed by atoms with Crippen molar-refractivity contribution >= 4 is 44.8 Å². The van der Waals surface area contributed by atoms with E-state index in [2.05, 4.69) is 20.9 Å². The summed E-state index contributed by atoms with van der Waals surface area (Å²) in [6, 6.07) is 7.93. The van der Waals surface area contributed by atoms with Crippen LogP contribution >= 0.6 is 39.0 Å². The van der Waals surface area contributed by atoms with E-state index in [1.165, 1.54) is 0 Å². The Morgan fingerprint density at radius 1 is 1.44 bits per heavy atom. The lowest BCUT2D eigenvalue weighted by molar-refractivity contribution is -0.116. The third kappa shape index (κ3) is 3.93. The van der Waals surface area contributed by atoms with Crippen LogP contribution in [0.5, 0.6) is 0 Å². The molecule has 0 saturated heterocycles. The molecule has 0 spiro atoms. The molecule has 2 aromatic rings. The van der Waals surface area contributed by atoms with E-state index in [0.29, 0.717) is 12.2 Å². The van der Waals surface area contributed by atoms with Gasteiger partial charge in [-0.05, 0) is 35.0 Å². The summed E-state index contributed by atoms with van der Waals surface area (Å²) in [4.78, 5) is 17.2. The highest BCUT2D eigenvalue weighted by Crippen LogP contribution is 2.27. The summed E-state index contributed by atoms with van der Waals surface area (Å²) in [5.41, 5.74) is 0.884. The molecular weight excluding hydrogens is 330 g/mol. The first kappa shape index (κ1) is 13.8. The second-order valence-corrected chi connectivity index (χ2v) is 6.73. The third-order valence-electron chi connectivity index (χ3n) is 2.27. The monoisotopic (exact) mass is 341 g/mol. The number of thioether (sulfide) groups is 1. The summed E-state index contributed by atoms with van der Waals surface area (Å²) in [6.07, 6.45) is 0.432. The SMILES string of the molecule is Cc1nc(CC(=O)CSc2ccccc2Br)cs1. The number of rotatable bonds is 5. The lowest BCUT2D eigenvalue weighted by atomic mass is 10.2. The zero-order valence-corrected chi connectivity index (χ0v) is 13.1. The number of carbonyl (C=O) groups is 1. The van der Waals surface area contributed by atoms with Crippen molar-refractivity contribution in [3.63, 3.8) is 0 Å². The highest BCUT2D eigenvalue weighted by Gasteiger charge is 2.08. The molecule has 0 radical (unpaired) electrons. The van der Waals surface area contributed by atoms with E-state index in [0.717, 1.165) is 20.1 Å². The number of hydrogen-bond donors (Lipinski definition) is 0. The van der Waals surface area contributed by atoms with Crippen molar-refractivity contribution in [2.45, 2.75) is 18.2 Å². The second-order valence-electron chi connectivity index (χ2n) is 3.79.